The summed E-state index contributed by atoms with van der Waals surface area (Å²) in [7, 11) is 1.60. The minimum atomic E-state index is -0.581. The van der Waals surface area contributed by atoms with Crippen LogP contribution in [0.25, 0.3) is 22.5 Å². The van der Waals surface area contributed by atoms with E-state index in [4.69, 9.17) is 17.0 Å². The molecule has 24 heavy (non-hydrogen) atoms. The number of ether oxygens (including phenoxy) is 1. The van der Waals surface area contributed by atoms with Crippen molar-refractivity contribution in [2.75, 3.05) is 13.7 Å². The van der Waals surface area contributed by atoms with E-state index in [-0.39, 0.29) is 5.82 Å². The first-order chi connectivity index (χ1) is 11.6. The van der Waals surface area contributed by atoms with Crippen LogP contribution in [0.4, 0.5) is 8.78 Å². The third kappa shape index (κ3) is 3.27. The van der Waals surface area contributed by atoms with E-state index in [0.717, 1.165) is 5.56 Å². The molecule has 2 aromatic heterocycles. The van der Waals surface area contributed by atoms with Crippen LogP contribution >= 0.6 is 12.2 Å². The van der Waals surface area contributed by atoms with Crippen LogP contribution in [0.1, 0.15) is 0 Å². The van der Waals surface area contributed by atoms with Crippen LogP contribution in [0.15, 0.2) is 42.6 Å². The number of benzene rings is 1. The molecular formula is C17H15F2N3OS. The quantitative estimate of drug-likeness (QED) is 0.556. The van der Waals surface area contributed by atoms with Gasteiger partial charge in [0.25, 0.3) is 0 Å². The number of hydrogen-bond donors (Lipinski definition) is 1. The average molecular weight is 347 g/mol. The van der Waals surface area contributed by atoms with Gasteiger partial charge in [0.1, 0.15) is 5.82 Å². The second kappa shape index (κ2) is 7.02. The molecule has 0 radical (unpaired) electrons. The molecule has 124 valence electrons. The lowest BCUT2D eigenvalue weighted by atomic mass is 10.1. The minimum absolute atomic E-state index is 0.326. The number of hydrogen-bond acceptors (Lipinski definition) is 3. The molecule has 0 bridgehead atoms. The Kier molecular flexibility index (Phi) is 4.82. The molecule has 3 aromatic rings. The van der Waals surface area contributed by atoms with Crippen molar-refractivity contribution < 1.29 is 13.5 Å². The van der Waals surface area contributed by atoms with Gasteiger partial charge in [0, 0.05) is 37.0 Å². The van der Waals surface area contributed by atoms with Crippen LogP contribution in [0.3, 0.4) is 0 Å². The highest BCUT2D eigenvalue weighted by Crippen LogP contribution is 2.32. The van der Waals surface area contributed by atoms with E-state index in [1.165, 1.54) is 24.4 Å². The molecular weight excluding hydrogens is 332 g/mol. The van der Waals surface area contributed by atoms with Crippen molar-refractivity contribution in [3.05, 3.63) is 59.1 Å². The Morgan fingerprint density at radius 2 is 1.92 bits per heavy atom. The summed E-state index contributed by atoms with van der Waals surface area (Å²) in [6.07, 6.45) is 1.40. The van der Waals surface area contributed by atoms with E-state index >= 15 is 0 Å². The van der Waals surface area contributed by atoms with E-state index in [1.807, 2.05) is 4.57 Å². The van der Waals surface area contributed by atoms with Crippen molar-refractivity contribution in [1.29, 1.82) is 0 Å². The zero-order valence-corrected chi connectivity index (χ0v) is 13.7. The van der Waals surface area contributed by atoms with Crippen molar-refractivity contribution >= 4 is 12.2 Å². The maximum Gasteiger partial charge on any atom is 0.213 e. The van der Waals surface area contributed by atoms with Gasteiger partial charge in [0.2, 0.25) is 5.95 Å². The van der Waals surface area contributed by atoms with Gasteiger partial charge in [-0.1, -0.05) is 0 Å². The molecule has 7 heteroatoms. The fourth-order valence-corrected chi connectivity index (χ4v) is 2.83. The second-order valence-corrected chi connectivity index (χ2v) is 5.56. The van der Waals surface area contributed by atoms with Gasteiger partial charge in [-0.2, -0.15) is 4.39 Å². The average Bonchev–Trinajstić information content (AvgIpc) is 2.90. The summed E-state index contributed by atoms with van der Waals surface area (Å²) in [4.78, 5) is 6.72. The summed E-state index contributed by atoms with van der Waals surface area (Å²) >= 11 is 5.40. The number of aromatic nitrogens is 3. The normalized spacial score (nSPS) is 11.0. The van der Waals surface area contributed by atoms with E-state index in [1.54, 1.807) is 25.3 Å². The van der Waals surface area contributed by atoms with Crippen LogP contribution in [-0.4, -0.2) is 28.3 Å². The van der Waals surface area contributed by atoms with Gasteiger partial charge >= 0.3 is 0 Å². The number of aromatic amines is 1. The first-order valence-corrected chi connectivity index (χ1v) is 7.70. The van der Waals surface area contributed by atoms with Crippen LogP contribution in [0.5, 0.6) is 0 Å². The van der Waals surface area contributed by atoms with Gasteiger partial charge < -0.3 is 14.3 Å². The Labute approximate surface area is 142 Å². The number of halogens is 2. The molecule has 0 spiro atoms. The summed E-state index contributed by atoms with van der Waals surface area (Å²) < 4.78 is 34.3. The standard InChI is InChI=1S/C17H15F2N3OS/c1-23-9-8-22-16(12-6-7-20-14(19)10-12)15(21-17(22)24)11-2-4-13(18)5-3-11/h2-7,10H,8-9H2,1H3,(H,21,24). The highest BCUT2D eigenvalue weighted by molar-refractivity contribution is 7.71. The summed E-state index contributed by atoms with van der Waals surface area (Å²) in [5.74, 6) is -0.907. The zero-order valence-electron chi connectivity index (χ0n) is 12.9. The van der Waals surface area contributed by atoms with Gasteiger partial charge in [0.05, 0.1) is 18.0 Å². The largest absolute Gasteiger partial charge is 0.383 e. The Morgan fingerprint density at radius 3 is 2.58 bits per heavy atom. The molecule has 0 atom stereocenters. The summed E-state index contributed by atoms with van der Waals surface area (Å²) in [5, 5.41) is 0. The number of nitrogens with one attached hydrogen (secondary N) is 1. The number of H-pyrrole nitrogens is 1. The Balaban J connectivity index is 2.22. The number of imidazole rings is 1. The molecule has 3 rings (SSSR count). The smallest absolute Gasteiger partial charge is 0.213 e. The highest BCUT2D eigenvalue weighted by Gasteiger charge is 2.16. The van der Waals surface area contributed by atoms with E-state index in [2.05, 4.69) is 9.97 Å². The number of nitrogens with zero attached hydrogens (tertiary/aromatic N) is 2. The molecule has 0 saturated carbocycles. The van der Waals surface area contributed by atoms with Gasteiger partial charge in [-0.05, 0) is 42.5 Å². The molecule has 0 aliphatic heterocycles. The third-order valence-corrected chi connectivity index (χ3v) is 3.96. The van der Waals surface area contributed by atoms with Crippen LogP contribution < -0.4 is 0 Å². The Bertz CT molecular complexity index is 903. The zero-order chi connectivity index (χ0) is 17.1. The maximum atomic E-state index is 13.6. The van der Waals surface area contributed by atoms with Gasteiger partial charge in [-0.25, -0.2) is 9.37 Å². The minimum Gasteiger partial charge on any atom is -0.383 e. The van der Waals surface area contributed by atoms with Gasteiger partial charge in [-0.15, -0.1) is 0 Å². The molecule has 1 N–H and O–H groups in total. The maximum absolute atomic E-state index is 13.6. The lowest BCUT2D eigenvalue weighted by Gasteiger charge is -2.10. The van der Waals surface area contributed by atoms with Gasteiger partial charge in [0.15, 0.2) is 4.77 Å². The van der Waals surface area contributed by atoms with Crippen LogP contribution in [0, 0.1) is 16.5 Å². The molecule has 0 aliphatic rings. The predicted molar refractivity (Wildman–Crippen MR) is 90.1 cm³/mol. The van der Waals surface area contributed by atoms with Crippen molar-refractivity contribution in [3.63, 3.8) is 0 Å². The fraction of sp³-hybridized carbons (Fsp3) is 0.176. The Morgan fingerprint density at radius 1 is 1.17 bits per heavy atom. The van der Waals surface area contributed by atoms with Crippen LogP contribution in [-0.2, 0) is 11.3 Å². The molecule has 1 aromatic carbocycles. The number of rotatable bonds is 5. The first-order valence-electron chi connectivity index (χ1n) is 7.29. The first kappa shape index (κ1) is 16.5. The Hall–Kier alpha value is -2.38. The summed E-state index contributed by atoms with van der Waals surface area (Å²) in [5.41, 5.74) is 2.79. The molecule has 0 unspecified atom stereocenters. The predicted octanol–water partition coefficient (Wildman–Crippen LogP) is 4.20. The second-order valence-electron chi connectivity index (χ2n) is 5.17. The fourth-order valence-electron chi connectivity index (χ4n) is 2.54. The monoisotopic (exact) mass is 347 g/mol. The topological polar surface area (TPSA) is 42.8 Å². The number of pyridine rings is 1. The molecule has 0 saturated heterocycles. The van der Waals surface area contributed by atoms with Gasteiger partial charge in [-0.3, -0.25) is 0 Å². The molecule has 0 aliphatic carbocycles. The molecule has 4 nitrogen and oxygen atoms in total. The van der Waals surface area contributed by atoms with Crippen molar-refractivity contribution in [3.8, 4) is 22.5 Å². The number of methoxy groups -OCH3 is 1. The van der Waals surface area contributed by atoms with Crippen molar-refractivity contribution in [2.24, 2.45) is 0 Å². The lowest BCUT2D eigenvalue weighted by molar-refractivity contribution is 0.187. The molecule has 2 heterocycles. The van der Waals surface area contributed by atoms with Crippen LogP contribution in [0.2, 0.25) is 0 Å². The van der Waals surface area contributed by atoms with E-state index in [0.29, 0.717) is 34.9 Å². The summed E-state index contributed by atoms with van der Waals surface area (Å²) in [6, 6.07) is 9.09. The van der Waals surface area contributed by atoms with Crippen molar-refractivity contribution in [2.45, 2.75) is 6.54 Å². The van der Waals surface area contributed by atoms with E-state index in [9.17, 15) is 8.78 Å². The third-order valence-electron chi connectivity index (χ3n) is 3.64. The molecule has 0 amide bonds. The highest BCUT2D eigenvalue weighted by atomic mass is 32.1. The van der Waals surface area contributed by atoms with Crippen molar-refractivity contribution in [1.82, 2.24) is 14.5 Å². The van der Waals surface area contributed by atoms with E-state index < -0.39 is 5.95 Å². The molecule has 0 fully saturated rings. The lowest BCUT2D eigenvalue weighted by Crippen LogP contribution is -2.06. The SMILES string of the molecule is COCCn1c(-c2ccnc(F)c2)c(-c2ccc(F)cc2)[nH]c1=S. The summed E-state index contributed by atoms with van der Waals surface area (Å²) in [6.45, 7) is 0.960.